The van der Waals surface area contributed by atoms with Crippen molar-refractivity contribution in [1.82, 2.24) is 0 Å². The molecule has 2 heteroatoms. The van der Waals surface area contributed by atoms with Gasteiger partial charge in [0, 0.05) is 11.1 Å². The third-order valence-corrected chi connectivity index (χ3v) is 2.89. The molecule has 0 aliphatic heterocycles. The van der Waals surface area contributed by atoms with Crippen molar-refractivity contribution in [2.45, 2.75) is 12.8 Å². The van der Waals surface area contributed by atoms with Crippen LogP contribution in [0.1, 0.15) is 24.0 Å². The lowest BCUT2D eigenvalue weighted by Crippen LogP contribution is -2.04. The monoisotopic (exact) mass is 265 g/mol. The molecule has 2 aromatic carbocycles. The minimum absolute atomic E-state index is 0.606. The molecule has 0 radical (unpaired) electrons. The van der Waals surface area contributed by atoms with Crippen LogP contribution >= 0.6 is 0 Å². The highest BCUT2D eigenvalue weighted by atomic mass is 16.6. The van der Waals surface area contributed by atoms with E-state index in [1.807, 2.05) is 66.7 Å². The Kier molecular flexibility index (Phi) is 5.59. The maximum Gasteiger partial charge on any atom is 0.117 e. The maximum absolute atomic E-state index is 5.45. The van der Waals surface area contributed by atoms with E-state index >= 15 is 0 Å². The molecule has 0 atom stereocenters. The number of unbranched alkanes of at least 4 members (excludes halogenated alkanes) is 1. The molecule has 0 unspecified atom stereocenters. The zero-order valence-electron chi connectivity index (χ0n) is 11.5. The molecule has 0 amide bonds. The molecule has 0 heterocycles. The zero-order chi connectivity index (χ0) is 14.0. The number of oxime groups is 1. The molecular weight excluding hydrogens is 246 g/mol. The Bertz CT molecular complexity index is 505. The predicted octanol–water partition coefficient (Wildman–Crippen LogP) is 4.42. The van der Waals surface area contributed by atoms with E-state index in [0.717, 1.165) is 29.7 Å². The Morgan fingerprint density at radius 3 is 2.00 bits per heavy atom. The van der Waals surface area contributed by atoms with Gasteiger partial charge in [0.05, 0.1) is 0 Å². The molecular formula is C18H19NO. The maximum atomic E-state index is 5.45. The van der Waals surface area contributed by atoms with Crippen molar-refractivity contribution < 1.29 is 4.84 Å². The van der Waals surface area contributed by atoms with Gasteiger partial charge in [0.1, 0.15) is 12.3 Å². The van der Waals surface area contributed by atoms with E-state index in [2.05, 4.69) is 11.7 Å². The summed E-state index contributed by atoms with van der Waals surface area (Å²) in [5, 5.41) is 4.32. The fraction of sp³-hybridized carbons (Fsp3) is 0.167. The molecule has 20 heavy (non-hydrogen) atoms. The van der Waals surface area contributed by atoms with Crippen LogP contribution in [0.25, 0.3) is 0 Å². The standard InChI is InChI=1S/C18H19NO/c1-2-3-10-15-20-19-18(16-11-6-4-7-12-16)17-13-8-5-9-14-17/h2,4-9,11-14H,1,3,10,15H2. The van der Waals surface area contributed by atoms with Gasteiger partial charge in [-0.05, 0) is 12.8 Å². The summed E-state index contributed by atoms with van der Waals surface area (Å²) in [5.74, 6) is 0. The summed E-state index contributed by atoms with van der Waals surface area (Å²) in [6.07, 6.45) is 3.77. The summed E-state index contributed by atoms with van der Waals surface area (Å²) >= 11 is 0. The van der Waals surface area contributed by atoms with Crippen LogP contribution in [0.3, 0.4) is 0 Å². The van der Waals surface area contributed by atoms with Crippen molar-refractivity contribution in [1.29, 1.82) is 0 Å². The van der Waals surface area contributed by atoms with Gasteiger partial charge in [-0.1, -0.05) is 71.9 Å². The van der Waals surface area contributed by atoms with Crippen molar-refractivity contribution >= 4 is 5.71 Å². The first-order valence-corrected chi connectivity index (χ1v) is 6.83. The van der Waals surface area contributed by atoms with Gasteiger partial charge in [0.2, 0.25) is 0 Å². The zero-order valence-corrected chi connectivity index (χ0v) is 11.5. The van der Waals surface area contributed by atoms with Crippen LogP contribution < -0.4 is 0 Å². The van der Waals surface area contributed by atoms with E-state index < -0.39 is 0 Å². The highest BCUT2D eigenvalue weighted by Crippen LogP contribution is 2.11. The third-order valence-electron chi connectivity index (χ3n) is 2.89. The normalized spacial score (nSPS) is 9.80. The van der Waals surface area contributed by atoms with E-state index in [9.17, 15) is 0 Å². The van der Waals surface area contributed by atoms with Gasteiger partial charge in [-0.25, -0.2) is 0 Å². The minimum Gasteiger partial charge on any atom is -0.395 e. The summed E-state index contributed by atoms with van der Waals surface area (Å²) in [6, 6.07) is 20.2. The highest BCUT2D eigenvalue weighted by Gasteiger charge is 2.06. The molecule has 102 valence electrons. The van der Waals surface area contributed by atoms with Crippen LogP contribution in [0.15, 0.2) is 78.5 Å². The molecule has 0 saturated heterocycles. The number of hydrogen-bond donors (Lipinski definition) is 0. The first-order valence-electron chi connectivity index (χ1n) is 6.83. The van der Waals surface area contributed by atoms with E-state index in [1.165, 1.54) is 0 Å². The molecule has 0 fully saturated rings. The molecule has 0 aromatic heterocycles. The number of nitrogens with zero attached hydrogens (tertiary/aromatic N) is 1. The topological polar surface area (TPSA) is 21.6 Å². The van der Waals surface area contributed by atoms with E-state index in [1.54, 1.807) is 0 Å². The molecule has 0 spiro atoms. The van der Waals surface area contributed by atoms with Crippen molar-refractivity contribution in [3.05, 3.63) is 84.4 Å². The summed E-state index contributed by atoms with van der Waals surface area (Å²) < 4.78 is 0. The van der Waals surface area contributed by atoms with E-state index in [-0.39, 0.29) is 0 Å². The lowest BCUT2D eigenvalue weighted by molar-refractivity contribution is 0.143. The second-order valence-electron chi connectivity index (χ2n) is 4.44. The Hall–Kier alpha value is -2.35. The van der Waals surface area contributed by atoms with E-state index in [4.69, 9.17) is 4.84 Å². The van der Waals surface area contributed by atoms with Crippen molar-refractivity contribution in [2.75, 3.05) is 6.61 Å². The van der Waals surface area contributed by atoms with Crippen LogP contribution in [-0.4, -0.2) is 12.3 Å². The SMILES string of the molecule is C=CCCCON=C(c1ccccc1)c1ccccc1. The highest BCUT2D eigenvalue weighted by molar-refractivity contribution is 6.12. The summed E-state index contributed by atoms with van der Waals surface area (Å²) in [5.41, 5.74) is 2.98. The second kappa shape index (κ2) is 7.95. The van der Waals surface area contributed by atoms with Crippen LogP contribution in [-0.2, 0) is 4.84 Å². The van der Waals surface area contributed by atoms with Gasteiger partial charge in [-0.15, -0.1) is 6.58 Å². The lowest BCUT2D eigenvalue weighted by atomic mass is 10.0. The minimum atomic E-state index is 0.606. The molecule has 0 aliphatic rings. The first kappa shape index (κ1) is 14.1. The summed E-state index contributed by atoms with van der Waals surface area (Å²) in [7, 11) is 0. The first-order chi connectivity index (χ1) is 9.92. The predicted molar refractivity (Wildman–Crippen MR) is 83.9 cm³/mol. The molecule has 2 aromatic rings. The largest absolute Gasteiger partial charge is 0.395 e. The lowest BCUT2D eigenvalue weighted by Gasteiger charge is -2.07. The number of benzene rings is 2. The van der Waals surface area contributed by atoms with Gasteiger partial charge in [-0.2, -0.15) is 0 Å². The van der Waals surface area contributed by atoms with Crippen molar-refractivity contribution in [3.8, 4) is 0 Å². The summed E-state index contributed by atoms with van der Waals surface area (Å²) in [4.78, 5) is 5.45. The summed E-state index contributed by atoms with van der Waals surface area (Å²) in [6.45, 7) is 4.30. The fourth-order valence-electron chi connectivity index (χ4n) is 1.87. The average Bonchev–Trinajstić information content (AvgIpc) is 2.53. The van der Waals surface area contributed by atoms with Crippen LogP contribution in [0, 0.1) is 0 Å². The van der Waals surface area contributed by atoms with Gasteiger partial charge in [0.15, 0.2) is 0 Å². The Morgan fingerprint density at radius 2 is 1.50 bits per heavy atom. The van der Waals surface area contributed by atoms with Gasteiger partial charge < -0.3 is 4.84 Å². The Labute approximate surface area is 120 Å². The fourth-order valence-corrected chi connectivity index (χ4v) is 1.87. The molecule has 0 N–H and O–H groups in total. The molecule has 0 aliphatic carbocycles. The number of hydrogen-bond acceptors (Lipinski definition) is 2. The molecule has 0 saturated carbocycles. The van der Waals surface area contributed by atoms with Crippen molar-refractivity contribution in [3.63, 3.8) is 0 Å². The van der Waals surface area contributed by atoms with Gasteiger partial charge in [0.25, 0.3) is 0 Å². The third kappa shape index (κ3) is 4.09. The van der Waals surface area contributed by atoms with Gasteiger partial charge >= 0.3 is 0 Å². The number of rotatable bonds is 7. The van der Waals surface area contributed by atoms with E-state index in [0.29, 0.717) is 6.61 Å². The van der Waals surface area contributed by atoms with Crippen molar-refractivity contribution in [2.24, 2.45) is 5.16 Å². The quantitative estimate of drug-likeness (QED) is 0.314. The number of allylic oxidation sites excluding steroid dienone is 1. The van der Waals surface area contributed by atoms with Crippen LogP contribution in [0.4, 0.5) is 0 Å². The molecule has 2 nitrogen and oxygen atoms in total. The van der Waals surface area contributed by atoms with Crippen LogP contribution in [0.5, 0.6) is 0 Å². The average molecular weight is 265 g/mol. The second-order valence-corrected chi connectivity index (χ2v) is 4.44. The smallest absolute Gasteiger partial charge is 0.117 e. The van der Waals surface area contributed by atoms with Crippen LogP contribution in [0.2, 0.25) is 0 Å². The molecule has 2 rings (SSSR count). The van der Waals surface area contributed by atoms with Gasteiger partial charge in [-0.3, -0.25) is 0 Å². The Balaban J connectivity index is 2.17. The molecule has 0 bridgehead atoms. The Morgan fingerprint density at radius 1 is 0.950 bits per heavy atom.